The molecule has 0 aromatic heterocycles. The van der Waals surface area contributed by atoms with Crippen LogP contribution in [0.2, 0.25) is 0 Å². The molecule has 53 radical (unpaired) electrons. The molecule has 0 N–H and O–H groups in total. The van der Waals surface area contributed by atoms with Gasteiger partial charge >= 0.3 is 0 Å². The van der Waals surface area contributed by atoms with Gasteiger partial charge in [0.15, 0.2) is 0 Å². The molecule has 0 spiro atoms. The molecule has 0 saturated carbocycles. The third-order valence-corrected chi connectivity index (χ3v) is 9.78. The van der Waals surface area contributed by atoms with Crippen molar-refractivity contribution >= 4 is 340 Å². The van der Waals surface area contributed by atoms with Crippen molar-refractivity contribution in [1.82, 2.24) is 0 Å². The maximum atomic E-state index is 6.65. The predicted molar refractivity (Wildman–Crippen MR) is 276 cm³/mol. The molecule has 0 aromatic rings. The Morgan fingerprint density at radius 3 is 0.542 bits per heavy atom. The molecule has 48 heteroatoms. The monoisotopic (exact) mass is 528 g/mol. The van der Waals surface area contributed by atoms with Crippen molar-refractivity contribution in [1.29, 1.82) is 0 Å². The van der Waals surface area contributed by atoms with Gasteiger partial charge in [-0.1, -0.05) is 6.39 Å². The van der Waals surface area contributed by atoms with E-state index in [0.29, 0.717) is 0 Å². The SMILES string of the molecule is [B]B([B])B(B([B])[B])B(B(B([B])[B])B([B])[B])B(B(B(B([B])[B])B([B])[B])B(B([B])[B])B([B])[B-])B(B(B([B])[B])B([B])[B])B(B([B])[B])B([B])B([B-])[B-]. The van der Waals surface area contributed by atoms with Gasteiger partial charge in [-0.15, -0.1) is 0 Å². The van der Waals surface area contributed by atoms with Gasteiger partial charge in [-0.3, -0.25) is 0 Å². The first-order valence-electron chi connectivity index (χ1n) is 15.7. The summed E-state index contributed by atoms with van der Waals surface area (Å²) in [4.78, 5) is 0. The minimum atomic E-state index is -1.34. The van der Waals surface area contributed by atoms with Gasteiger partial charge in [0.1, 0.15) is 0 Å². The third kappa shape index (κ3) is 13.7. The first kappa shape index (κ1) is 51.1. The minimum absolute atomic E-state index is 1.18. The molecule has 0 amide bonds. The first-order valence-corrected chi connectivity index (χ1v) is 15.7. The zero-order chi connectivity index (χ0) is 38.3. The van der Waals surface area contributed by atoms with E-state index >= 15 is 0 Å². The molecule has 0 aliphatic carbocycles. The average molecular weight is 519 g/mol. The zero-order valence-corrected chi connectivity index (χ0v) is 27.7. The molecule has 0 rings (SSSR count). The summed E-state index contributed by atoms with van der Waals surface area (Å²) in [5, 5.41) is 0. The quantitative estimate of drug-likeness (QED) is 0.125. The summed E-state index contributed by atoms with van der Waals surface area (Å²) in [5.41, 5.74) is 0. The summed E-state index contributed by atoms with van der Waals surface area (Å²) in [5.74, 6) is 0. The Morgan fingerprint density at radius 1 is 0.208 bits per heavy atom. The fourth-order valence-corrected chi connectivity index (χ4v) is 7.95. The normalized spacial score (nSPS) is 9.73. The summed E-state index contributed by atoms with van der Waals surface area (Å²) in [6.07, 6.45) is -29.1. The van der Waals surface area contributed by atoms with Crippen molar-refractivity contribution in [3.8, 4) is 0 Å². The molecule has 0 saturated heterocycles. The van der Waals surface area contributed by atoms with E-state index in [-0.39, 0.29) is 0 Å². The second-order valence-corrected chi connectivity index (χ2v) is 13.3. The highest BCUT2D eigenvalue weighted by molar-refractivity contribution is 8.35. The van der Waals surface area contributed by atoms with Crippen LogP contribution in [0, 0.1) is 0 Å². The highest BCUT2D eigenvalue weighted by Gasteiger charge is 2.58. The molecule has 0 heterocycles. The van der Waals surface area contributed by atoms with Crippen LogP contribution in [0.3, 0.4) is 0 Å². The average Bonchev–Trinajstić information content (AvgIpc) is 2.86. The van der Waals surface area contributed by atoms with E-state index in [4.69, 9.17) is 193 Å². The molecule has 48 heavy (non-hydrogen) atoms. The van der Waals surface area contributed by atoms with E-state index in [0.717, 1.165) is 0 Å². The lowest BCUT2D eigenvalue weighted by Gasteiger charge is -2.59. The van der Waals surface area contributed by atoms with Crippen LogP contribution in [0.4, 0.5) is 0 Å². The molecule has 0 unspecified atom stereocenters. The number of hydrogen-bond acceptors (Lipinski definition) is 0. The third-order valence-electron chi connectivity index (χ3n) is 9.78. The maximum Gasteiger partial charge on any atom is -0.0000000000000854 e. The second-order valence-electron chi connectivity index (χ2n) is 13.3. The van der Waals surface area contributed by atoms with E-state index in [1.54, 1.807) is 0 Å². The smallest absolute Gasteiger partial charge is 0.0000000000000854 e. The van der Waals surface area contributed by atoms with Crippen molar-refractivity contribution in [2.75, 3.05) is 0 Å². The largest absolute Gasteiger partial charge is 0.729 e. The van der Waals surface area contributed by atoms with Crippen molar-refractivity contribution < 1.29 is 0 Å². The Bertz CT molecular complexity index is 695. The molecule has 0 fully saturated rings. The van der Waals surface area contributed by atoms with E-state index in [1.165, 1.54) is 0 Å². The first-order chi connectivity index (χ1) is 21.8. The van der Waals surface area contributed by atoms with Crippen LogP contribution < -0.4 is 0 Å². The molecule has 0 nitrogen and oxygen atoms in total. The van der Waals surface area contributed by atoms with Crippen LogP contribution in [0.15, 0.2) is 0 Å². The molecular weight excluding hydrogens is 519 g/mol. The van der Waals surface area contributed by atoms with Crippen LogP contribution in [-0.2, 0) is 0 Å². The van der Waals surface area contributed by atoms with Crippen LogP contribution >= 0.6 is 0 Å². The van der Waals surface area contributed by atoms with Gasteiger partial charge in [-0.05, 0) is 298 Å². The number of hydrogen-bond donors (Lipinski definition) is 0. The summed E-state index contributed by atoms with van der Waals surface area (Å²) in [6.45, 7) is 0. The Morgan fingerprint density at radius 2 is 0.375 bits per heavy atom. The Labute approximate surface area is 337 Å². The van der Waals surface area contributed by atoms with Gasteiger partial charge < -0.3 is 29.6 Å². The molecule has 0 aliphatic rings. The fraction of sp³-hybridized carbons (Fsp3) is 0. The van der Waals surface area contributed by atoms with Gasteiger partial charge in [0.2, 0.25) is 0 Å². The summed E-state index contributed by atoms with van der Waals surface area (Å²) in [6, 6.07) is 0. The molecule has 0 aromatic carbocycles. The number of rotatable bonds is 22. The minimum Gasteiger partial charge on any atom is -0.729 e. The standard InChI is InChI=1S/B48/c1-26(2)38(25)44(37(23)24)47(43(35(19)20)36(21)22)48(45(39(27(3)4)28(5)6)40(29(7)8)30(9)10)46(41(31(11)12)32(13)14)42(33(15)16)34(17)18/q-3. The van der Waals surface area contributed by atoms with Gasteiger partial charge in [0.05, 0.1) is 0 Å². The fourth-order valence-electron chi connectivity index (χ4n) is 7.95. The van der Waals surface area contributed by atoms with Crippen molar-refractivity contribution in [3.05, 3.63) is 0 Å². The van der Waals surface area contributed by atoms with E-state index in [9.17, 15) is 0 Å². The summed E-state index contributed by atoms with van der Waals surface area (Å²) < 4.78 is 0. The Kier molecular flexibility index (Phi) is 24.8. The Hall–Kier alpha value is 3.12. The summed E-state index contributed by atoms with van der Waals surface area (Å²) in [7, 11) is 160. The maximum absolute atomic E-state index is 6.65. The summed E-state index contributed by atoms with van der Waals surface area (Å²) >= 11 is 0. The van der Waals surface area contributed by atoms with Crippen LogP contribution in [0.5, 0.6) is 0 Å². The topological polar surface area (TPSA) is 0 Å². The zero-order valence-electron chi connectivity index (χ0n) is 27.7. The molecular formula is B48-3. The van der Waals surface area contributed by atoms with Crippen LogP contribution in [-0.4, -0.2) is 340 Å². The van der Waals surface area contributed by atoms with Gasteiger partial charge in [-0.2, -0.15) is 0 Å². The Balaban J connectivity index is 9.31. The highest BCUT2D eigenvalue weighted by Crippen LogP contribution is 2.21. The van der Waals surface area contributed by atoms with Gasteiger partial charge in [-0.25, -0.2) is 6.39 Å². The molecule has 0 aliphatic heterocycles. The van der Waals surface area contributed by atoms with Crippen molar-refractivity contribution in [2.24, 2.45) is 0 Å². The van der Waals surface area contributed by atoms with Gasteiger partial charge in [0, 0.05) is 0 Å². The van der Waals surface area contributed by atoms with E-state index in [1.807, 2.05) is 0 Å². The molecule has 0 bridgehead atoms. The second kappa shape index (κ2) is 23.2. The van der Waals surface area contributed by atoms with Crippen LogP contribution in [0.1, 0.15) is 0 Å². The van der Waals surface area contributed by atoms with Crippen LogP contribution in [0.25, 0.3) is 0 Å². The lowest BCUT2D eigenvalue weighted by Crippen LogP contribution is -2.94. The lowest BCUT2D eigenvalue weighted by atomic mass is 8.25. The van der Waals surface area contributed by atoms with E-state index in [2.05, 4.69) is 0 Å². The molecule has 0 atom stereocenters. The lowest BCUT2D eigenvalue weighted by molar-refractivity contribution is 3.19. The van der Waals surface area contributed by atoms with Gasteiger partial charge in [0.25, 0.3) is 0 Å². The predicted octanol–water partition coefficient (Wildman–Crippen LogP) is -18.3. The van der Waals surface area contributed by atoms with Crippen molar-refractivity contribution in [3.63, 3.8) is 0 Å². The highest BCUT2D eigenvalue weighted by atomic mass is 13.4. The molecule has 147 valence electrons. The van der Waals surface area contributed by atoms with E-state index < -0.39 is 147 Å². The van der Waals surface area contributed by atoms with Crippen molar-refractivity contribution in [2.45, 2.75) is 0 Å².